The van der Waals surface area contributed by atoms with E-state index in [-0.39, 0.29) is 11.4 Å². The Balaban J connectivity index is 2.21. The Hall–Kier alpha value is -2.69. The summed E-state index contributed by atoms with van der Waals surface area (Å²) >= 11 is 0. The number of nitrogens with zero attached hydrogens (tertiary/aromatic N) is 3. The van der Waals surface area contributed by atoms with Crippen LogP contribution in [0.5, 0.6) is 0 Å². The molecular weight excluding hydrogens is 238 g/mol. The van der Waals surface area contributed by atoms with Crippen LogP contribution in [0.15, 0.2) is 17.5 Å². The molecule has 0 spiro atoms. The van der Waals surface area contributed by atoms with Crippen LogP contribution in [-0.2, 0) is 0 Å². The van der Waals surface area contributed by atoms with Gasteiger partial charge in [-0.3, -0.25) is 20.0 Å². The highest BCUT2D eigenvalue weighted by molar-refractivity contribution is 5.97. The summed E-state index contributed by atoms with van der Waals surface area (Å²) in [5, 5.41) is 27.8. The number of rotatable bonds is 3. The van der Waals surface area contributed by atoms with E-state index >= 15 is 0 Å². The Bertz CT molecular complexity index is 581. The standard InChI is InChI=1S/C10H9N5O3/c11-4-6-2-1-3-7(6)13-10(16)9-8(15(17)18)5-12-14-9/h5H,1-3H2,(H,12,14)(H,13,16). The van der Waals surface area contributed by atoms with E-state index in [0.29, 0.717) is 24.1 Å². The number of allylic oxidation sites excluding steroid dienone is 2. The summed E-state index contributed by atoms with van der Waals surface area (Å²) in [5.74, 6) is -0.649. The Morgan fingerprint density at radius 1 is 1.61 bits per heavy atom. The third-order valence-corrected chi connectivity index (χ3v) is 2.66. The van der Waals surface area contributed by atoms with Crippen LogP contribution in [0.25, 0.3) is 0 Å². The second-order valence-corrected chi connectivity index (χ2v) is 3.76. The topological polar surface area (TPSA) is 125 Å². The molecule has 8 heteroatoms. The van der Waals surface area contributed by atoms with Gasteiger partial charge < -0.3 is 5.32 Å². The van der Waals surface area contributed by atoms with Crippen molar-refractivity contribution in [2.45, 2.75) is 19.3 Å². The van der Waals surface area contributed by atoms with E-state index in [9.17, 15) is 14.9 Å². The molecule has 0 aliphatic heterocycles. The van der Waals surface area contributed by atoms with E-state index in [4.69, 9.17) is 5.26 Å². The van der Waals surface area contributed by atoms with Crippen molar-refractivity contribution in [2.75, 3.05) is 0 Å². The maximum absolute atomic E-state index is 11.8. The minimum atomic E-state index is -0.688. The highest BCUT2D eigenvalue weighted by atomic mass is 16.6. The Labute approximate surface area is 101 Å². The van der Waals surface area contributed by atoms with Crippen molar-refractivity contribution in [3.05, 3.63) is 33.3 Å². The predicted molar refractivity (Wildman–Crippen MR) is 59.2 cm³/mol. The van der Waals surface area contributed by atoms with Crippen LogP contribution in [0.3, 0.4) is 0 Å². The van der Waals surface area contributed by atoms with Crippen molar-refractivity contribution in [1.82, 2.24) is 15.5 Å². The van der Waals surface area contributed by atoms with Gasteiger partial charge in [-0.25, -0.2) is 0 Å². The van der Waals surface area contributed by atoms with Crippen molar-refractivity contribution >= 4 is 11.6 Å². The molecule has 1 aromatic rings. The largest absolute Gasteiger partial charge is 0.323 e. The summed E-state index contributed by atoms with van der Waals surface area (Å²) in [5.41, 5.74) is 0.457. The van der Waals surface area contributed by atoms with Gasteiger partial charge in [0, 0.05) is 11.3 Å². The van der Waals surface area contributed by atoms with Crippen molar-refractivity contribution < 1.29 is 9.72 Å². The number of H-pyrrole nitrogens is 1. The lowest BCUT2D eigenvalue weighted by atomic mass is 10.2. The van der Waals surface area contributed by atoms with E-state index in [2.05, 4.69) is 15.5 Å². The lowest BCUT2D eigenvalue weighted by molar-refractivity contribution is -0.385. The number of nitro groups is 1. The molecule has 2 rings (SSSR count). The van der Waals surface area contributed by atoms with Gasteiger partial charge in [0.2, 0.25) is 5.69 Å². The number of aromatic nitrogens is 2. The first-order chi connectivity index (χ1) is 8.63. The SMILES string of the molecule is N#CC1=C(NC(=O)c2[nH]ncc2[N+](=O)[O-])CCC1. The third-order valence-electron chi connectivity index (χ3n) is 2.66. The second kappa shape index (κ2) is 4.67. The molecule has 0 unspecified atom stereocenters. The number of carbonyl (C=O) groups excluding carboxylic acids is 1. The van der Waals surface area contributed by atoms with Crippen molar-refractivity contribution in [1.29, 1.82) is 5.26 Å². The molecule has 1 amide bonds. The zero-order chi connectivity index (χ0) is 13.1. The molecule has 2 N–H and O–H groups in total. The molecule has 0 saturated heterocycles. The van der Waals surface area contributed by atoms with E-state index in [1.54, 1.807) is 0 Å². The van der Waals surface area contributed by atoms with Gasteiger partial charge in [0.1, 0.15) is 6.20 Å². The maximum Gasteiger partial charge on any atom is 0.319 e. The van der Waals surface area contributed by atoms with Gasteiger partial charge in [-0.05, 0) is 19.3 Å². The minimum Gasteiger partial charge on any atom is -0.323 e. The normalized spacial score (nSPS) is 14.4. The summed E-state index contributed by atoms with van der Waals surface area (Å²) in [6.07, 6.45) is 2.99. The molecule has 0 fully saturated rings. The smallest absolute Gasteiger partial charge is 0.319 e. The lowest BCUT2D eigenvalue weighted by Crippen LogP contribution is -2.23. The zero-order valence-electron chi connectivity index (χ0n) is 9.27. The van der Waals surface area contributed by atoms with Crippen LogP contribution in [-0.4, -0.2) is 21.0 Å². The third kappa shape index (κ3) is 2.06. The van der Waals surface area contributed by atoms with Gasteiger partial charge in [0.15, 0.2) is 0 Å². The summed E-state index contributed by atoms with van der Waals surface area (Å²) in [7, 11) is 0. The van der Waals surface area contributed by atoms with Gasteiger partial charge in [0.25, 0.3) is 5.91 Å². The first kappa shape index (κ1) is 11.8. The molecular formula is C10H9N5O3. The Morgan fingerprint density at radius 2 is 2.39 bits per heavy atom. The number of nitrogens with one attached hydrogen (secondary N) is 2. The van der Waals surface area contributed by atoms with Crippen LogP contribution in [0.4, 0.5) is 5.69 Å². The van der Waals surface area contributed by atoms with Crippen LogP contribution in [0.2, 0.25) is 0 Å². The maximum atomic E-state index is 11.8. The number of aromatic amines is 1. The van der Waals surface area contributed by atoms with E-state index < -0.39 is 10.8 Å². The van der Waals surface area contributed by atoms with E-state index in [1.807, 2.05) is 6.07 Å². The molecule has 8 nitrogen and oxygen atoms in total. The van der Waals surface area contributed by atoms with E-state index in [0.717, 1.165) is 12.6 Å². The zero-order valence-corrected chi connectivity index (χ0v) is 9.27. The fourth-order valence-corrected chi connectivity index (χ4v) is 1.79. The van der Waals surface area contributed by atoms with Crippen LogP contribution in [0, 0.1) is 21.4 Å². The van der Waals surface area contributed by atoms with Crippen LogP contribution in [0.1, 0.15) is 29.8 Å². The van der Waals surface area contributed by atoms with Crippen LogP contribution < -0.4 is 5.32 Å². The molecule has 0 bridgehead atoms. The Morgan fingerprint density at radius 3 is 3.06 bits per heavy atom. The highest BCUT2D eigenvalue weighted by Crippen LogP contribution is 2.24. The second-order valence-electron chi connectivity index (χ2n) is 3.76. The number of hydrogen-bond donors (Lipinski definition) is 2. The van der Waals surface area contributed by atoms with E-state index in [1.165, 1.54) is 0 Å². The van der Waals surface area contributed by atoms with Crippen molar-refractivity contribution in [2.24, 2.45) is 0 Å². The highest BCUT2D eigenvalue weighted by Gasteiger charge is 2.25. The molecule has 0 atom stereocenters. The molecule has 0 radical (unpaired) electrons. The monoisotopic (exact) mass is 247 g/mol. The molecule has 0 aromatic carbocycles. The first-order valence-corrected chi connectivity index (χ1v) is 5.24. The number of hydrogen-bond acceptors (Lipinski definition) is 5. The molecule has 1 aromatic heterocycles. The summed E-state index contributed by atoms with van der Waals surface area (Å²) < 4.78 is 0. The molecule has 92 valence electrons. The average Bonchev–Trinajstić information content (AvgIpc) is 2.96. The first-order valence-electron chi connectivity index (χ1n) is 5.24. The lowest BCUT2D eigenvalue weighted by Gasteiger charge is -2.04. The fourth-order valence-electron chi connectivity index (χ4n) is 1.79. The summed E-state index contributed by atoms with van der Waals surface area (Å²) in [6, 6.07) is 2.01. The quantitative estimate of drug-likeness (QED) is 0.609. The predicted octanol–water partition coefficient (Wildman–Crippen LogP) is 1.01. The van der Waals surface area contributed by atoms with Crippen LogP contribution >= 0.6 is 0 Å². The molecule has 1 aliphatic carbocycles. The van der Waals surface area contributed by atoms with Crippen molar-refractivity contribution in [3.63, 3.8) is 0 Å². The van der Waals surface area contributed by atoms with Gasteiger partial charge in [-0.1, -0.05) is 0 Å². The average molecular weight is 247 g/mol. The fraction of sp³-hybridized carbons (Fsp3) is 0.300. The molecule has 18 heavy (non-hydrogen) atoms. The number of nitriles is 1. The van der Waals surface area contributed by atoms with Gasteiger partial charge in [-0.2, -0.15) is 10.4 Å². The summed E-state index contributed by atoms with van der Waals surface area (Å²) in [4.78, 5) is 21.8. The number of carbonyl (C=O) groups is 1. The molecule has 1 aliphatic rings. The Kier molecular flexibility index (Phi) is 3.05. The molecule has 1 heterocycles. The number of amides is 1. The van der Waals surface area contributed by atoms with Gasteiger partial charge in [0.05, 0.1) is 11.0 Å². The van der Waals surface area contributed by atoms with Gasteiger partial charge >= 0.3 is 5.69 Å². The minimum absolute atomic E-state index is 0.211. The molecule has 0 saturated carbocycles. The summed E-state index contributed by atoms with van der Waals surface area (Å²) in [6.45, 7) is 0. The van der Waals surface area contributed by atoms with Gasteiger partial charge in [-0.15, -0.1) is 0 Å². The van der Waals surface area contributed by atoms with Crippen molar-refractivity contribution in [3.8, 4) is 6.07 Å².